The van der Waals surface area contributed by atoms with Crippen molar-refractivity contribution in [3.8, 4) is 0 Å². The van der Waals surface area contributed by atoms with Gasteiger partial charge < -0.3 is 5.32 Å². The van der Waals surface area contributed by atoms with E-state index in [9.17, 15) is 4.79 Å². The van der Waals surface area contributed by atoms with Crippen LogP contribution in [-0.2, 0) is 13.6 Å². The van der Waals surface area contributed by atoms with E-state index in [-0.39, 0.29) is 5.69 Å². The molecule has 0 amide bonds. The standard InChI is InChI=1S/C12H14N4O/c1-9-11(14-12(17)16(2)15-9)13-8-10-6-4-3-5-7-10/h3-7H,8H2,1-2H3,(H,13,14,17). The highest BCUT2D eigenvalue weighted by Crippen LogP contribution is 2.07. The fraction of sp³-hybridized carbons (Fsp3) is 0.250. The second-order valence-electron chi connectivity index (χ2n) is 3.79. The lowest BCUT2D eigenvalue weighted by atomic mass is 10.2. The summed E-state index contributed by atoms with van der Waals surface area (Å²) in [5, 5.41) is 7.17. The molecule has 1 aromatic carbocycles. The van der Waals surface area contributed by atoms with Crippen LogP contribution in [0, 0.1) is 6.92 Å². The molecule has 1 heterocycles. The summed E-state index contributed by atoms with van der Waals surface area (Å²) >= 11 is 0. The Morgan fingerprint density at radius 3 is 2.71 bits per heavy atom. The van der Waals surface area contributed by atoms with Crippen molar-refractivity contribution < 1.29 is 0 Å². The summed E-state index contributed by atoms with van der Waals surface area (Å²) in [5.74, 6) is 0.539. The molecule has 5 nitrogen and oxygen atoms in total. The van der Waals surface area contributed by atoms with Crippen LogP contribution in [0.2, 0.25) is 0 Å². The molecular formula is C12H14N4O. The van der Waals surface area contributed by atoms with E-state index in [1.807, 2.05) is 37.3 Å². The van der Waals surface area contributed by atoms with E-state index < -0.39 is 0 Å². The molecule has 0 atom stereocenters. The molecule has 0 aliphatic carbocycles. The molecule has 0 spiro atoms. The lowest BCUT2D eigenvalue weighted by molar-refractivity contribution is 0.661. The summed E-state index contributed by atoms with van der Waals surface area (Å²) in [4.78, 5) is 15.3. The van der Waals surface area contributed by atoms with Crippen LogP contribution < -0.4 is 11.0 Å². The van der Waals surface area contributed by atoms with Gasteiger partial charge in [-0.05, 0) is 12.5 Å². The van der Waals surface area contributed by atoms with Crippen LogP contribution in [0.1, 0.15) is 11.3 Å². The molecular weight excluding hydrogens is 216 g/mol. The number of nitrogens with zero attached hydrogens (tertiary/aromatic N) is 3. The van der Waals surface area contributed by atoms with Crippen molar-refractivity contribution in [3.05, 3.63) is 52.1 Å². The topological polar surface area (TPSA) is 59.8 Å². The quantitative estimate of drug-likeness (QED) is 0.857. The highest BCUT2D eigenvalue weighted by Gasteiger charge is 2.04. The van der Waals surface area contributed by atoms with Crippen molar-refractivity contribution in [3.63, 3.8) is 0 Å². The maximum atomic E-state index is 11.4. The van der Waals surface area contributed by atoms with Gasteiger partial charge in [0.15, 0.2) is 5.82 Å². The molecule has 0 fully saturated rings. The lowest BCUT2D eigenvalue weighted by Crippen LogP contribution is -2.25. The minimum absolute atomic E-state index is 0.355. The molecule has 0 radical (unpaired) electrons. The molecule has 0 saturated carbocycles. The first kappa shape index (κ1) is 11.3. The largest absolute Gasteiger partial charge is 0.365 e. The minimum Gasteiger partial charge on any atom is -0.364 e. The maximum absolute atomic E-state index is 11.4. The molecule has 0 aliphatic rings. The molecule has 0 aliphatic heterocycles. The SMILES string of the molecule is Cc1nn(C)c(=O)nc1NCc1ccccc1. The molecule has 2 aromatic rings. The first-order valence-electron chi connectivity index (χ1n) is 5.36. The molecule has 2 rings (SSSR count). The predicted molar refractivity (Wildman–Crippen MR) is 65.8 cm³/mol. The van der Waals surface area contributed by atoms with Crippen molar-refractivity contribution in [2.24, 2.45) is 7.05 Å². The van der Waals surface area contributed by atoms with Crippen molar-refractivity contribution in [2.75, 3.05) is 5.32 Å². The number of anilines is 1. The van der Waals surface area contributed by atoms with Gasteiger partial charge in [0, 0.05) is 13.6 Å². The van der Waals surface area contributed by atoms with E-state index in [1.165, 1.54) is 4.68 Å². The van der Waals surface area contributed by atoms with Crippen LogP contribution in [-0.4, -0.2) is 14.8 Å². The summed E-state index contributed by atoms with van der Waals surface area (Å²) in [6.45, 7) is 2.45. The van der Waals surface area contributed by atoms with Gasteiger partial charge >= 0.3 is 5.69 Å². The molecule has 5 heteroatoms. The van der Waals surface area contributed by atoms with Crippen LogP contribution in [0.3, 0.4) is 0 Å². The summed E-state index contributed by atoms with van der Waals surface area (Å²) in [6.07, 6.45) is 0. The molecule has 0 saturated heterocycles. The normalized spacial score (nSPS) is 10.2. The monoisotopic (exact) mass is 230 g/mol. The number of nitrogens with one attached hydrogen (secondary N) is 1. The Labute approximate surface area is 99.1 Å². The Balaban J connectivity index is 2.15. The van der Waals surface area contributed by atoms with Gasteiger partial charge in [-0.2, -0.15) is 10.1 Å². The number of rotatable bonds is 3. The molecule has 17 heavy (non-hydrogen) atoms. The average molecular weight is 230 g/mol. The summed E-state index contributed by atoms with van der Waals surface area (Å²) in [5.41, 5.74) is 1.49. The third-order valence-corrected chi connectivity index (χ3v) is 2.43. The molecule has 1 aromatic heterocycles. The fourth-order valence-electron chi connectivity index (χ4n) is 1.51. The van der Waals surface area contributed by atoms with Gasteiger partial charge in [-0.3, -0.25) is 0 Å². The van der Waals surface area contributed by atoms with Crippen LogP contribution in [0.15, 0.2) is 35.1 Å². The second-order valence-corrected chi connectivity index (χ2v) is 3.79. The van der Waals surface area contributed by atoms with E-state index >= 15 is 0 Å². The number of hydrogen-bond acceptors (Lipinski definition) is 4. The zero-order chi connectivity index (χ0) is 12.3. The zero-order valence-electron chi connectivity index (χ0n) is 9.84. The van der Waals surface area contributed by atoms with E-state index in [4.69, 9.17) is 0 Å². The lowest BCUT2D eigenvalue weighted by Gasteiger charge is -2.08. The highest BCUT2D eigenvalue weighted by atomic mass is 16.1. The highest BCUT2D eigenvalue weighted by molar-refractivity contribution is 5.38. The Bertz CT molecular complexity index is 562. The van der Waals surface area contributed by atoms with Gasteiger partial charge in [-0.1, -0.05) is 30.3 Å². The van der Waals surface area contributed by atoms with Gasteiger partial charge in [-0.15, -0.1) is 0 Å². The van der Waals surface area contributed by atoms with Gasteiger partial charge in [0.05, 0.1) is 0 Å². The van der Waals surface area contributed by atoms with Crippen molar-refractivity contribution in [1.82, 2.24) is 14.8 Å². The van der Waals surface area contributed by atoms with Crippen molar-refractivity contribution in [2.45, 2.75) is 13.5 Å². The van der Waals surface area contributed by atoms with Gasteiger partial charge in [0.1, 0.15) is 5.69 Å². The van der Waals surface area contributed by atoms with Gasteiger partial charge in [-0.25, -0.2) is 9.48 Å². The first-order chi connectivity index (χ1) is 8.16. The van der Waals surface area contributed by atoms with Crippen LogP contribution >= 0.6 is 0 Å². The van der Waals surface area contributed by atoms with Crippen molar-refractivity contribution >= 4 is 5.82 Å². The Kier molecular flexibility index (Phi) is 3.18. The summed E-state index contributed by atoms with van der Waals surface area (Å²) < 4.78 is 1.23. The zero-order valence-corrected chi connectivity index (χ0v) is 9.84. The van der Waals surface area contributed by atoms with E-state index in [2.05, 4.69) is 15.4 Å². The molecule has 88 valence electrons. The first-order valence-corrected chi connectivity index (χ1v) is 5.36. The Hall–Kier alpha value is -2.17. The number of aryl methyl sites for hydroxylation is 2. The molecule has 0 unspecified atom stereocenters. The van der Waals surface area contributed by atoms with Crippen molar-refractivity contribution in [1.29, 1.82) is 0 Å². The number of benzene rings is 1. The Morgan fingerprint density at radius 1 is 1.29 bits per heavy atom. The maximum Gasteiger partial charge on any atom is 0.365 e. The smallest absolute Gasteiger partial charge is 0.364 e. The number of hydrogen-bond donors (Lipinski definition) is 1. The van der Waals surface area contributed by atoms with E-state index in [0.29, 0.717) is 18.1 Å². The Morgan fingerprint density at radius 2 is 2.00 bits per heavy atom. The fourth-order valence-corrected chi connectivity index (χ4v) is 1.51. The minimum atomic E-state index is -0.355. The third-order valence-electron chi connectivity index (χ3n) is 2.43. The summed E-state index contributed by atoms with van der Waals surface area (Å²) in [6, 6.07) is 9.93. The predicted octanol–water partition coefficient (Wildman–Crippen LogP) is 1.10. The second kappa shape index (κ2) is 4.78. The van der Waals surface area contributed by atoms with Crippen LogP contribution in [0.5, 0.6) is 0 Å². The van der Waals surface area contributed by atoms with E-state index in [1.54, 1.807) is 7.05 Å². The van der Waals surface area contributed by atoms with E-state index in [0.717, 1.165) is 5.56 Å². The van der Waals surface area contributed by atoms with Gasteiger partial charge in [0.2, 0.25) is 0 Å². The third kappa shape index (κ3) is 2.69. The molecule has 1 N–H and O–H groups in total. The van der Waals surface area contributed by atoms with Gasteiger partial charge in [0.25, 0.3) is 0 Å². The number of aromatic nitrogens is 3. The van der Waals surface area contributed by atoms with Crippen LogP contribution in [0.4, 0.5) is 5.82 Å². The summed E-state index contributed by atoms with van der Waals surface area (Å²) in [7, 11) is 1.59. The van der Waals surface area contributed by atoms with Crippen LogP contribution in [0.25, 0.3) is 0 Å². The molecule has 0 bridgehead atoms. The average Bonchev–Trinajstić information content (AvgIpc) is 2.33.